The third-order valence-corrected chi connectivity index (χ3v) is 5.43. The lowest BCUT2D eigenvalue weighted by atomic mass is 10.00. The number of amides is 1. The lowest BCUT2D eigenvalue weighted by Crippen LogP contribution is -2.56. The predicted molar refractivity (Wildman–Crippen MR) is 115 cm³/mol. The third-order valence-electron chi connectivity index (χ3n) is 5.43. The Morgan fingerprint density at radius 1 is 1.10 bits per heavy atom. The smallest absolute Gasteiger partial charge is 0.248 e. The summed E-state index contributed by atoms with van der Waals surface area (Å²) < 4.78 is 0. The number of carbonyl (C=O) groups excluding carboxylic acids is 2. The van der Waals surface area contributed by atoms with Gasteiger partial charge in [0.25, 0.3) is 0 Å². The molecular formula is C23H26N4O2. The molecule has 1 saturated heterocycles. The number of anilines is 2. The van der Waals surface area contributed by atoms with Gasteiger partial charge in [-0.05, 0) is 17.7 Å². The molecule has 0 aliphatic carbocycles. The van der Waals surface area contributed by atoms with Gasteiger partial charge in [-0.1, -0.05) is 49.4 Å². The lowest BCUT2D eigenvalue weighted by Gasteiger charge is -2.39. The van der Waals surface area contributed by atoms with E-state index in [2.05, 4.69) is 15.3 Å². The Bertz CT molecular complexity index is 912. The molecule has 6 nitrogen and oxygen atoms in total. The van der Waals surface area contributed by atoms with E-state index in [1.54, 1.807) is 0 Å². The van der Waals surface area contributed by atoms with Gasteiger partial charge in [0.2, 0.25) is 5.91 Å². The minimum absolute atomic E-state index is 0.0188. The van der Waals surface area contributed by atoms with E-state index in [-0.39, 0.29) is 23.7 Å². The van der Waals surface area contributed by atoms with Crippen molar-refractivity contribution in [1.82, 2.24) is 5.32 Å². The summed E-state index contributed by atoms with van der Waals surface area (Å²) in [5.41, 5.74) is 2.63. The van der Waals surface area contributed by atoms with E-state index in [0.29, 0.717) is 25.9 Å². The van der Waals surface area contributed by atoms with Gasteiger partial charge in [-0.25, -0.2) is 0 Å². The Morgan fingerprint density at radius 2 is 1.83 bits per heavy atom. The van der Waals surface area contributed by atoms with Crippen molar-refractivity contribution in [3.8, 4) is 0 Å². The zero-order valence-electron chi connectivity index (χ0n) is 16.6. The van der Waals surface area contributed by atoms with Crippen LogP contribution in [0.4, 0.5) is 11.4 Å². The highest BCUT2D eigenvalue weighted by atomic mass is 16.2. The van der Waals surface area contributed by atoms with Crippen molar-refractivity contribution in [2.24, 2.45) is 11.0 Å². The maximum Gasteiger partial charge on any atom is 0.248 e. The Hall–Kier alpha value is -2.99. The first-order chi connectivity index (χ1) is 14.1. The Labute approximate surface area is 171 Å². The van der Waals surface area contributed by atoms with E-state index in [4.69, 9.17) is 0 Å². The van der Waals surface area contributed by atoms with E-state index in [1.807, 2.05) is 67.7 Å². The van der Waals surface area contributed by atoms with Crippen molar-refractivity contribution in [3.05, 3.63) is 60.2 Å². The average molecular weight is 390 g/mol. The number of benzene rings is 2. The minimum atomic E-state index is -0.284. The molecule has 2 aliphatic heterocycles. The van der Waals surface area contributed by atoms with Crippen LogP contribution < -0.4 is 15.2 Å². The van der Waals surface area contributed by atoms with Gasteiger partial charge in [-0.15, -0.1) is 0 Å². The van der Waals surface area contributed by atoms with Gasteiger partial charge in [0, 0.05) is 44.6 Å². The predicted octanol–water partition coefficient (Wildman–Crippen LogP) is 2.64. The van der Waals surface area contributed by atoms with Crippen molar-refractivity contribution < 1.29 is 9.59 Å². The van der Waals surface area contributed by atoms with Crippen LogP contribution in [-0.4, -0.2) is 43.6 Å². The quantitative estimate of drug-likeness (QED) is 0.852. The van der Waals surface area contributed by atoms with E-state index >= 15 is 0 Å². The van der Waals surface area contributed by atoms with Crippen molar-refractivity contribution in [2.45, 2.75) is 25.8 Å². The normalized spacial score (nSPS) is 22.0. The molecule has 0 spiro atoms. The lowest BCUT2D eigenvalue weighted by molar-refractivity contribution is -0.120. The molecule has 0 bridgehead atoms. The standard InChI is InChI=1S/C23H26N4O2/c1-17-13-23(29)27(25-15-17)20-10-6-5-9-19(20)26-12-11-24-16-21(26)22(28)14-18-7-3-2-4-8-18/h2-10,15,17,21,24H,11-14,16H2,1H3. The van der Waals surface area contributed by atoms with Gasteiger partial charge < -0.3 is 10.2 Å². The first-order valence-corrected chi connectivity index (χ1v) is 10.1. The second-order valence-corrected chi connectivity index (χ2v) is 7.68. The van der Waals surface area contributed by atoms with E-state index in [1.165, 1.54) is 5.01 Å². The number of hydrogen-bond donors (Lipinski definition) is 1. The number of nitrogens with one attached hydrogen (secondary N) is 1. The molecule has 29 heavy (non-hydrogen) atoms. The summed E-state index contributed by atoms with van der Waals surface area (Å²) in [4.78, 5) is 27.9. The van der Waals surface area contributed by atoms with Crippen LogP contribution in [0.2, 0.25) is 0 Å². The van der Waals surface area contributed by atoms with Crippen LogP contribution in [0.25, 0.3) is 0 Å². The topological polar surface area (TPSA) is 65.0 Å². The zero-order chi connectivity index (χ0) is 20.2. The highest BCUT2D eigenvalue weighted by Gasteiger charge is 2.32. The van der Waals surface area contributed by atoms with Crippen LogP contribution in [0.5, 0.6) is 0 Å². The molecule has 1 amide bonds. The number of nitrogens with zero attached hydrogens (tertiary/aromatic N) is 3. The van der Waals surface area contributed by atoms with Crippen LogP contribution in [0.15, 0.2) is 59.7 Å². The van der Waals surface area contributed by atoms with Gasteiger partial charge in [0.15, 0.2) is 5.78 Å². The van der Waals surface area contributed by atoms with Gasteiger partial charge >= 0.3 is 0 Å². The molecule has 1 fully saturated rings. The molecule has 2 aromatic carbocycles. The maximum absolute atomic E-state index is 13.2. The molecule has 2 unspecified atom stereocenters. The van der Waals surface area contributed by atoms with E-state index in [9.17, 15) is 9.59 Å². The average Bonchev–Trinajstić information content (AvgIpc) is 2.74. The number of Topliss-reactive ketones (excluding diaryl/α,β-unsaturated/α-hetero) is 1. The van der Waals surface area contributed by atoms with Crippen LogP contribution in [-0.2, 0) is 16.0 Å². The molecule has 0 saturated carbocycles. The van der Waals surface area contributed by atoms with Crippen LogP contribution in [0.1, 0.15) is 18.9 Å². The Kier molecular flexibility index (Phi) is 5.71. The second-order valence-electron chi connectivity index (χ2n) is 7.68. The fourth-order valence-corrected chi connectivity index (χ4v) is 3.94. The van der Waals surface area contributed by atoms with Crippen molar-refractivity contribution in [3.63, 3.8) is 0 Å². The van der Waals surface area contributed by atoms with Crippen LogP contribution in [0, 0.1) is 5.92 Å². The summed E-state index contributed by atoms with van der Waals surface area (Å²) in [5.74, 6) is 0.292. The summed E-state index contributed by atoms with van der Waals surface area (Å²) in [6.45, 7) is 4.07. The number of carbonyl (C=O) groups is 2. The number of ketones is 1. The maximum atomic E-state index is 13.2. The highest BCUT2D eigenvalue weighted by Crippen LogP contribution is 2.33. The minimum Gasteiger partial charge on any atom is -0.357 e. The van der Waals surface area contributed by atoms with Crippen LogP contribution in [0.3, 0.4) is 0 Å². The first-order valence-electron chi connectivity index (χ1n) is 10.1. The molecule has 150 valence electrons. The molecule has 4 rings (SSSR count). The molecule has 2 aliphatic rings. The largest absolute Gasteiger partial charge is 0.357 e. The second kappa shape index (κ2) is 8.57. The monoisotopic (exact) mass is 390 g/mol. The number of hydrogen-bond acceptors (Lipinski definition) is 5. The molecule has 0 aromatic heterocycles. The number of piperazine rings is 1. The van der Waals surface area contributed by atoms with Crippen LogP contribution >= 0.6 is 0 Å². The third kappa shape index (κ3) is 4.22. The van der Waals surface area contributed by atoms with Crippen molar-refractivity contribution >= 4 is 29.3 Å². The molecule has 1 N–H and O–H groups in total. The Balaban J connectivity index is 1.63. The zero-order valence-corrected chi connectivity index (χ0v) is 16.6. The fourth-order valence-electron chi connectivity index (χ4n) is 3.94. The van der Waals surface area contributed by atoms with Crippen molar-refractivity contribution in [2.75, 3.05) is 29.5 Å². The van der Waals surface area contributed by atoms with Gasteiger partial charge in [-0.3, -0.25) is 9.59 Å². The number of para-hydroxylation sites is 2. The first kappa shape index (κ1) is 19.3. The molecule has 2 atom stereocenters. The SMILES string of the molecule is CC1C=NN(c2ccccc2N2CCNCC2C(=O)Cc2ccccc2)C(=O)C1. The molecule has 6 heteroatoms. The Morgan fingerprint density at radius 3 is 2.59 bits per heavy atom. The van der Waals surface area contributed by atoms with Gasteiger partial charge in [0.1, 0.15) is 6.04 Å². The summed E-state index contributed by atoms with van der Waals surface area (Å²) in [6, 6.07) is 17.3. The van der Waals surface area contributed by atoms with E-state index < -0.39 is 0 Å². The number of hydrazone groups is 1. The van der Waals surface area contributed by atoms with Gasteiger partial charge in [-0.2, -0.15) is 10.1 Å². The summed E-state index contributed by atoms with van der Waals surface area (Å²) >= 11 is 0. The molecular weight excluding hydrogens is 364 g/mol. The summed E-state index contributed by atoms with van der Waals surface area (Å²) in [5, 5.41) is 9.21. The number of rotatable bonds is 5. The summed E-state index contributed by atoms with van der Waals surface area (Å²) in [6.07, 6.45) is 2.65. The van der Waals surface area contributed by atoms with E-state index in [0.717, 1.165) is 23.5 Å². The molecule has 0 radical (unpaired) electrons. The highest BCUT2D eigenvalue weighted by molar-refractivity contribution is 6.01. The van der Waals surface area contributed by atoms with Crippen molar-refractivity contribution in [1.29, 1.82) is 0 Å². The summed E-state index contributed by atoms with van der Waals surface area (Å²) in [7, 11) is 0. The molecule has 2 aromatic rings. The fraction of sp³-hybridized carbons (Fsp3) is 0.348. The van der Waals surface area contributed by atoms with Gasteiger partial charge in [0.05, 0.1) is 11.4 Å². The molecule has 2 heterocycles.